The largest absolute Gasteiger partial charge is 0.470 e. The van der Waals surface area contributed by atoms with Gasteiger partial charge in [-0.05, 0) is 30.7 Å². The predicted molar refractivity (Wildman–Crippen MR) is 93.2 cm³/mol. The van der Waals surface area contributed by atoms with Crippen LogP contribution in [-0.2, 0) is 6.73 Å². The van der Waals surface area contributed by atoms with E-state index in [1.54, 1.807) is 23.5 Å². The Balaban J connectivity index is 1.74. The van der Waals surface area contributed by atoms with Crippen molar-refractivity contribution in [2.75, 3.05) is 5.32 Å². The Bertz CT molecular complexity index is 1070. The lowest BCUT2D eigenvalue weighted by molar-refractivity contribution is 0.101. The van der Waals surface area contributed by atoms with Crippen molar-refractivity contribution in [2.24, 2.45) is 0 Å². The zero-order chi connectivity index (χ0) is 21.3. The quantitative estimate of drug-likeness (QED) is 0.358. The van der Waals surface area contributed by atoms with Gasteiger partial charge in [-0.3, -0.25) is 4.79 Å². The number of nitrogens with zero attached hydrogens (tertiary/aromatic N) is 2. The van der Waals surface area contributed by atoms with E-state index in [0.717, 1.165) is 5.56 Å². The van der Waals surface area contributed by atoms with Crippen LogP contribution in [0.4, 0.5) is 27.6 Å². The third-order valence-electron chi connectivity index (χ3n) is 3.76. The number of aromatic nitrogens is 2. The molecule has 152 valence electrons. The Labute approximate surface area is 165 Å². The van der Waals surface area contributed by atoms with Crippen LogP contribution in [0.25, 0.3) is 0 Å². The van der Waals surface area contributed by atoms with Crippen LogP contribution in [0.1, 0.15) is 16.1 Å². The summed E-state index contributed by atoms with van der Waals surface area (Å²) in [6, 6.07) is 6.27. The van der Waals surface area contributed by atoms with E-state index in [1.807, 2.05) is 6.92 Å². The first-order valence-corrected chi connectivity index (χ1v) is 8.32. The second kappa shape index (κ2) is 8.08. The minimum Gasteiger partial charge on any atom is -0.470 e. The molecule has 0 aliphatic heterocycles. The molecule has 0 atom stereocenters. The van der Waals surface area contributed by atoms with Crippen LogP contribution in [0.15, 0.2) is 30.5 Å². The van der Waals surface area contributed by atoms with Crippen LogP contribution in [-0.4, -0.2) is 15.7 Å². The van der Waals surface area contributed by atoms with Gasteiger partial charge in [0.1, 0.15) is 11.4 Å². The summed E-state index contributed by atoms with van der Waals surface area (Å²) in [5.74, 6) is -11.8. The highest BCUT2D eigenvalue weighted by Gasteiger charge is 2.27. The van der Waals surface area contributed by atoms with Gasteiger partial charge < -0.3 is 10.1 Å². The smallest absolute Gasteiger partial charge is 0.276 e. The van der Waals surface area contributed by atoms with E-state index in [1.165, 1.54) is 16.9 Å². The minimum atomic E-state index is -2.32. The van der Waals surface area contributed by atoms with Crippen molar-refractivity contribution in [1.29, 1.82) is 0 Å². The summed E-state index contributed by atoms with van der Waals surface area (Å²) < 4.78 is 73.5. The lowest BCUT2D eigenvalue weighted by Gasteiger charge is -2.09. The molecule has 0 saturated heterocycles. The van der Waals surface area contributed by atoms with Crippen molar-refractivity contribution in [1.82, 2.24) is 9.78 Å². The lowest BCUT2D eigenvalue weighted by Crippen LogP contribution is -2.18. The van der Waals surface area contributed by atoms with Crippen LogP contribution >= 0.6 is 11.6 Å². The number of carbonyl (C=O) groups is 1. The molecule has 0 aliphatic carbocycles. The number of benzene rings is 2. The fourth-order valence-corrected chi connectivity index (χ4v) is 2.48. The first kappa shape index (κ1) is 20.6. The summed E-state index contributed by atoms with van der Waals surface area (Å²) >= 11 is 6.00. The molecule has 0 unspecified atom stereocenters. The molecule has 11 heteroatoms. The predicted octanol–water partition coefficient (Wildman–Crippen LogP) is 4.83. The number of aryl methyl sites for hydroxylation is 1. The fourth-order valence-electron chi connectivity index (χ4n) is 2.30. The van der Waals surface area contributed by atoms with Crippen LogP contribution < -0.4 is 10.1 Å². The number of amides is 1. The van der Waals surface area contributed by atoms with E-state index in [9.17, 15) is 26.7 Å². The van der Waals surface area contributed by atoms with Crippen molar-refractivity contribution in [3.05, 3.63) is 75.8 Å². The average molecular weight is 432 g/mol. The van der Waals surface area contributed by atoms with Gasteiger partial charge >= 0.3 is 0 Å². The standard InChI is InChI=1S/C18H11ClF5N3O2/c1-8-2-3-9(19)11(6-8)29-7-27-5-4-10(26-27)18(28)25-17-15(23)13(21)12(20)14(22)16(17)24/h2-6H,7H2,1H3,(H,25,28). The topological polar surface area (TPSA) is 56.1 Å². The zero-order valence-electron chi connectivity index (χ0n) is 14.6. The molecule has 0 spiro atoms. The average Bonchev–Trinajstić information content (AvgIpc) is 3.18. The number of ether oxygens (including phenoxy) is 1. The van der Waals surface area contributed by atoms with E-state index in [4.69, 9.17) is 16.3 Å². The van der Waals surface area contributed by atoms with E-state index in [2.05, 4.69) is 5.10 Å². The van der Waals surface area contributed by atoms with Gasteiger partial charge in [-0.15, -0.1) is 0 Å². The molecular weight excluding hydrogens is 421 g/mol. The highest BCUT2D eigenvalue weighted by atomic mass is 35.5. The number of carbonyl (C=O) groups excluding carboxylic acids is 1. The van der Waals surface area contributed by atoms with Gasteiger partial charge in [0.15, 0.2) is 35.7 Å². The number of nitrogens with one attached hydrogen (secondary N) is 1. The summed E-state index contributed by atoms with van der Waals surface area (Å²) in [4.78, 5) is 12.1. The zero-order valence-corrected chi connectivity index (χ0v) is 15.3. The molecule has 1 amide bonds. The maximum absolute atomic E-state index is 13.7. The molecule has 2 aromatic carbocycles. The first-order valence-electron chi connectivity index (χ1n) is 7.94. The first-order chi connectivity index (χ1) is 13.7. The van der Waals surface area contributed by atoms with Gasteiger partial charge in [-0.1, -0.05) is 17.7 Å². The summed E-state index contributed by atoms with van der Waals surface area (Å²) in [5, 5.41) is 5.81. The van der Waals surface area contributed by atoms with Gasteiger partial charge in [0.2, 0.25) is 5.82 Å². The van der Waals surface area contributed by atoms with Gasteiger partial charge in [-0.2, -0.15) is 5.10 Å². The molecule has 0 fully saturated rings. The number of hydrogen-bond acceptors (Lipinski definition) is 3. The van der Waals surface area contributed by atoms with Gasteiger partial charge in [0.05, 0.1) is 5.02 Å². The van der Waals surface area contributed by atoms with E-state index < -0.39 is 40.7 Å². The molecule has 5 nitrogen and oxygen atoms in total. The summed E-state index contributed by atoms with van der Waals surface area (Å²) in [5.41, 5.74) is -0.913. The molecule has 1 N–H and O–H groups in total. The van der Waals surface area contributed by atoms with Gasteiger partial charge in [-0.25, -0.2) is 26.6 Å². The fraction of sp³-hybridized carbons (Fsp3) is 0.111. The highest BCUT2D eigenvalue weighted by molar-refractivity contribution is 6.32. The summed E-state index contributed by atoms with van der Waals surface area (Å²) in [6.45, 7) is 1.68. The molecule has 3 rings (SSSR count). The van der Waals surface area contributed by atoms with Crippen molar-refractivity contribution < 1.29 is 31.5 Å². The Kier molecular flexibility index (Phi) is 5.73. The van der Waals surface area contributed by atoms with Crippen molar-refractivity contribution in [3.8, 4) is 5.75 Å². The SMILES string of the molecule is Cc1ccc(Cl)c(OCn2ccc(C(=O)Nc3c(F)c(F)c(F)c(F)c3F)n2)c1. The Morgan fingerprint density at radius 2 is 1.69 bits per heavy atom. The maximum Gasteiger partial charge on any atom is 0.276 e. The van der Waals surface area contributed by atoms with Crippen molar-refractivity contribution >= 4 is 23.2 Å². The Morgan fingerprint density at radius 1 is 1.07 bits per heavy atom. The van der Waals surface area contributed by atoms with E-state index >= 15 is 0 Å². The number of rotatable bonds is 5. The summed E-state index contributed by atoms with van der Waals surface area (Å²) in [7, 11) is 0. The van der Waals surface area contributed by atoms with Crippen LogP contribution in [0.5, 0.6) is 5.75 Å². The Hall–Kier alpha value is -3.14. The molecular formula is C18H11ClF5N3O2. The third-order valence-corrected chi connectivity index (χ3v) is 4.07. The van der Waals surface area contributed by atoms with Crippen molar-refractivity contribution in [2.45, 2.75) is 13.7 Å². The Morgan fingerprint density at radius 3 is 2.34 bits per heavy atom. The molecule has 0 bridgehead atoms. The van der Waals surface area contributed by atoms with Crippen LogP contribution in [0.3, 0.4) is 0 Å². The normalized spacial score (nSPS) is 10.9. The molecule has 1 aromatic heterocycles. The number of anilines is 1. The maximum atomic E-state index is 13.7. The highest BCUT2D eigenvalue weighted by Crippen LogP contribution is 2.28. The van der Waals surface area contributed by atoms with E-state index in [0.29, 0.717) is 10.8 Å². The monoisotopic (exact) mass is 431 g/mol. The summed E-state index contributed by atoms with van der Waals surface area (Å²) in [6.07, 6.45) is 1.32. The molecule has 1 heterocycles. The van der Waals surface area contributed by atoms with Crippen LogP contribution in [0, 0.1) is 36.0 Å². The van der Waals surface area contributed by atoms with Crippen LogP contribution in [0.2, 0.25) is 5.02 Å². The van der Waals surface area contributed by atoms with Crippen molar-refractivity contribution in [3.63, 3.8) is 0 Å². The lowest BCUT2D eigenvalue weighted by atomic mass is 10.2. The van der Waals surface area contributed by atoms with E-state index in [-0.39, 0.29) is 12.4 Å². The number of halogens is 6. The number of hydrogen-bond donors (Lipinski definition) is 1. The molecule has 29 heavy (non-hydrogen) atoms. The molecule has 0 radical (unpaired) electrons. The van der Waals surface area contributed by atoms with Gasteiger partial charge in [0.25, 0.3) is 5.91 Å². The molecule has 0 saturated carbocycles. The minimum absolute atomic E-state index is 0.154. The van der Waals surface area contributed by atoms with Gasteiger partial charge in [0, 0.05) is 6.20 Å². The third kappa shape index (κ3) is 4.16. The molecule has 0 aliphatic rings. The second-order valence-corrected chi connectivity index (χ2v) is 6.25. The second-order valence-electron chi connectivity index (χ2n) is 5.85. The molecule has 3 aromatic rings.